The van der Waals surface area contributed by atoms with Crippen LogP contribution in [0.5, 0.6) is 0 Å². The van der Waals surface area contributed by atoms with Gasteiger partial charge < -0.3 is 5.32 Å². The minimum atomic E-state index is -3.26. The van der Waals surface area contributed by atoms with Crippen LogP contribution in [0.4, 0.5) is 5.13 Å². The molecule has 1 aromatic heterocycles. The number of fused-ring (bicyclic) bond motifs is 1. The minimum absolute atomic E-state index is 0.153. The van der Waals surface area contributed by atoms with Crippen molar-refractivity contribution in [3.05, 3.63) is 34.7 Å². The first kappa shape index (κ1) is 19.5. The molecule has 0 bridgehead atoms. The van der Waals surface area contributed by atoms with Crippen molar-refractivity contribution < 1.29 is 13.2 Å². The van der Waals surface area contributed by atoms with Gasteiger partial charge in [-0.3, -0.25) is 4.79 Å². The highest BCUT2D eigenvalue weighted by Crippen LogP contribution is 2.30. The number of hydrogen-bond acceptors (Lipinski definition) is 5. The van der Waals surface area contributed by atoms with E-state index in [0.717, 1.165) is 24.1 Å². The second kappa shape index (κ2) is 7.93. The van der Waals surface area contributed by atoms with Crippen molar-refractivity contribution in [2.24, 2.45) is 5.92 Å². The molecule has 1 N–H and O–H groups in total. The minimum Gasteiger partial charge on any atom is -0.302 e. The number of nitrogens with one attached hydrogen (secondary N) is 1. The molecule has 28 heavy (non-hydrogen) atoms. The van der Waals surface area contributed by atoms with Gasteiger partial charge in [0, 0.05) is 24.0 Å². The van der Waals surface area contributed by atoms with Crippen LogP contribution in [-0.4, -0.2) is 43.0 Å². The highest BCUT2D eigenvalue weighted by Gasteiger charge is 2.30. The number of nitrogens with zero attached hydrogens (tertiary/aromatic N) is 2. The predicted octanol–water partition coefficient (Wildman–Crippen LogP) is 3.30. The fourth-order valence-corrected chi connectivity index (χ4v) is 5.66. The van der Waals surface area contributed by atoms with E-state index in [-0.39, 0.29) is 18.4 Å². The lowest BCUT2D eigenvalue weighted by Crippen LogP contribution is -2.43. The SMILES string of the molecule is CS(=O)(=O)N1CCCC(C(=O)Nc2nc(-c3ccc4c(c3)CCCC4)cs2)C1. The Kier molecular flexibility index (Phi) is 5.53. The molecule has 4 rings (SSSR count). The number of carbonyl (C=O) groups excluding carboxylic acids is 1. The van der Waals surface area contributed by atoms with Crippen LogP contribution in [0, 0.1) is 5.92 Å². The molecule has 2 aliphatic rings. The average molecular weight is 420 g/mol. The van der Waals surface area contributed by atoms with Gasteiger partial charge in [0.05, 0.1) is 17.9 Å². The summed E-state index contributed by atoms with van der Waals surface area (Å²) >= 11 is 1.41. The van der Waals surface area contributed by atoms with Gasteiger partial charge in [-0.05, 0) is 55.7 Å². The van der Waals surface area contributed by atoms with Crippen molar-refractivity contribution in [1.82, 2.24) is 9.29 Å². The zero-order chi connectivity index (χ0) is 19.7. The molecule has 1 unspecified atom stereocenters. The molecule has 0 spiro atoms. The van der Waals surface area contributed by atoms with E-state index in [1.54, 1.807) is 0 Å². The Labute approximate surface area is 170 Å². The Morgan fingerprint density at radius 3 is 2.79 bits per heavy atom. The van der Waals surface area contributed by atoms with Gasteiger partial charge in [-0.2, -0.15) is 0 Å². The van der Waals surface area contributed by atoms with E-state index in [4.69, 9.17) is 0 Å². The summed E-state index contributed by atoms with van der Waals surface area (Å²) < 4.78 is 24.9. The molecule has 1 amide bonds. The smallest absolute Gasteiger partial charge is 0.230 e. The maximum atomic E-state index is 12.6. The summed E-state index contributed by atoms with van der Waals surface area (Å²) in [6, 6.07) is 6.53. The third-order valence-corrected chi connectivity index (χ3v) is 7.63. The van der Waals surface area contributed by atoms with E-state index < -0.39 is 10.0 Å². The summed E-state index contributed by atoms with van der Waals surface area (Å²) in [6.45, 7) is 0.732. The topological polar surface area (TPSA) is 79.4 Å². The van der Waals surface area contributed by atoms with Gasteiger partial charge in [-0.25, -0.2) is 17.7 Å². The third kappa shape index (κ3) is 4.29. The first-order valence-electron chi connectivity index (χ1n) is 9.74. The van der Waals surface area contributed by atoms with Crippen LogP contribution in [0.15, 0.2) is 23.6 Å². The van der Waals surface area contributed by atoms with Crippen molar-refractivity contribution in [3.63, 3.8) is 0 Å². The number of hydrogen-bond donors (Lipinski definition) is 1. The van der Waals surface area contributed by atoms with Crippen LogP contribution < -0.4 is 5.32 Å². The number of aryl methyl sites for hydroxylation is 2. The third-order valence-electron chi connectivity index (χ3n) is 5.60. The van der Waals surface area contributed by atoms with Crippen molar-refractivity contribution in [2.75, 3.05) is 24.7 Å². The predicted molar refractivity (Wildman–Crippen MR) is 112 cm³/mol. The summed E-state index contributed by atoms with van der Waals surface area (Å²) in [5.74, 6) is -0.487. The first-order valence-corrected chi connectivity index (χ1v) is 12.5. The molecule has 1 atom stereocenters. The molecular formula is C20H25N3O3S2. The van der Waals surface area contributed by atoms with E-state index in [9.17, 15) is 13.2 Å². The van der Waals surface area contributed by atoms with Crippen LogP contribution >= 0.6 is 11.3 Å². The fourth-order valence-electron chi connectivity index (χ4n) is 4.02. The van der Waals surface area contributed by atoms with Gasteiger partial charge in [-0.15, -0.1) is 11.3 Å². The number of thiazole rings is 1. The lowest BCUT2D eigenvalue weighted by atomic mass is 9.90. The van der Waals surface area contributed by atoms with Crippen LogP contribution in [-0.2, 0) is 27.7 Å². The normalized spacial score (nSPS) is 20.5. The maximum absolute atomic E-state index is 12.6. The second-order valence-corrected chi connectivity index (χ2v) is 10.5. The molecular weight excluding hydrogens is 394 g/mol. The van der Waals surface area contributed by atoms with Crippen molar-refractivity contribution in [3.8, 4) is 11.3 Å². The lowest BCUT2D eigenvalue weighted by molar-refractivity contribution is -0.120. The Balaban J connectivity index is 1.44. The van der Waals surface area contributed by atoms with Gasteiger partial charge in [0.25, 0.3) is 0 Å². The second-order valence-electron chi connectivity index (χ2n) is 7.68. The van der Waals surface area contributed by atoms with Gasteiger partial charge in [0.1, 0.15) is 0 Å². The summed E-state index contributed by atoms with van der Waals surface area (Å²) in [5, 5.41) is 5.41. The number of aromatic nitrogens is 1. The number of piperidine rings is 1. The number of carbonyl (C=O) groups is 1. The number of sulfonamides is 1. The molecule has 2 heterocycles. The molecule has 1 fully saturated rings. The van der Waals surface area contributed by atoms with Crippen molar-refractivity contribution in [1.29, 1.82) is 0 Å². The van der Waals surface area contributed by atoms with E-state index >= 15 is 0 Å². The molecule has 6 nitrogen and oxygen atoms in total. The van der Waals surface area contributed by atoms with Gasteiger partial charge in [0.2, 0.25) is 15.9 Å². The van der Waals surface area contributed by atoms with Crippen molar-refractivity contribution in [2.45, 2.75) is 38.5 Å². The van der Waals surface area contributed by atoms with Crippen molar-refractivity contribution >= 4 is 32.4 Å². The van der Waals surface area contributed by atoms with Gasteiger partial charge >= 0.3 is 0 Å². The summed E-state index contributed by atoms with van der Waals surface area (Å²) in [5.41, 5.74) is 4.80. The number of anilines is 1. The molecule has 150 valence electrons. The van der Waals surface area contributed by atoms with Crippen LogP contribution in [0.1, 0.15) is 36.8 Å². The Morgan fingerprint density at radius 1 is 1.21 bits per heavy atom. The summed E-state index contributed by atoms with van der Waals surface area (Å²) in [7, 11) is -3.26. The van der Waals surface area contributed by atoms with Gasteiger partial charge in [0.15, 0.2) is 5.13 Å². The fraction of sp³-hybridized carbons (Fsp3) is 0.500. The lowest BCUT2D eigenvalue weighted by Gasteiger charge is -2.29. The Bertz CT molecular complexity index is 984. The number of rotatable bonds is 4. The first-order chi connectivity index (χ1) is 13.4. The zero-order valence-electron chi connectivity index (χ0n) is 16.0. The Morgan fingerprint density at radius 2 is 2.00 bits per heavy atom. The van der Waals surface area contributed by atoms with E-state index in [0.29, 0.717) is 24.5 Å². The number of amides is 1. The van der Waals surface area contributed by atoms with Gasteiger partial charge in [-0.1, -0.05) is 12.1 Å². The van der Waals surface area contributed by atoms with Crippen LogP contribution in [0.25, 0.3) is 11.3 Å². The Hall–Kier alpha value is -1.77. The molecule has 1 aliphatic carbocycles. The maximum Gasteiger partial charge on any atom is 0.230 e. The molecule has 1 saturated heterocycles. The van der Waals surface area contributed by atoms with E-state index in [1.165, 1.54) is 45.9 Å². The monoisotopic (exact) mass is 419 g/mol. The van der Waals surface area contributed by atoms with E-state index in [1.807, 2.05) is 5.38 Å². The highest BCUT2D eigenvalue weighted by molar-refractivity contribution is 7.88. The molecule has 1 aliphatic heterocycles. The molecule has 8 heteroatoms. The summed E-state index contributed by atoms with van der Waals surface area (Å²) in [6.07, 6.45) is 7.36. The summed E-state index contributed by atoms with van der Waals surface area (Å²) in [4.78, 5) is 17.2. The molecule has 1 aromatic carbocycles. The average Bonchev–Trinajstić information content (AvgIpc) is 3.15. The largest absolute Gasteiger partial charge is 0.302 e. The molecule has 0 radical (unpaired) electrons. The van der Waals surface area contributed by atoms with Crippen LogP contribution in [0.3, 0.4) is 0 Å². The standard InChI is InChI=1S/C20H25N3O3S2/c1-28(25,26)23-10-4-7-17(12-23)19(24)22-20-21-18(13-27-20)16-9-8-14-5-2-3-6-15(14)11-16/h8-9,11,13,17H,2-7,10,12H2,1H3,(H,21,22,24). The van der Waals surface area contributed by atoms with Crippen LogP contribution in [0.2, 0.25) is 0 Å². The highest BCUT2D eigenvalue weighted by atomic mass is 32.2. The molecule has 0 saturated carbocycles. The van der Waals surface area contributed by atoms with E-state index in [2.05, 4.69) is 28.5 Å². The number of benzene rings is 1. The zero-order valence-corrected chi connectivity index (χ0v) is 17.6. The molecule has 2 aromatic rings. The quantitative estimate of drug-likeness (QED) is 0.825.